The zero-order valence-corrected chi connectivity index (χ0v) is 42.2. The Balaban J connectivity index is 0.000000174. The van der Waals surface area contributed by atoms with Crippen molar-refractivity contribution in [2.24, 2.45) is 17.8 Å². The molecule has 6 aromatic carbocycles. The Labute approximate surface area is 414 Å². The van der Waals surface area contributed by atoms with Gasteiger partial charge in [0, 0.05) is 36.1 Å². The average molecular weight is 961 g/mol. The molecule has 6 aromatic rings. The van der Waals surface area contributed by atoms with Gasteiger partial charge in [0.05, 0.1) is 21.8 Å². The van der Waals surface area contributed by atoms with E-state index in [0.29, 0.717) is 24.5 Å². The molecule has 0 amide bonds. The van der Waals surface area contributed by atoms with Crippen molar-refractivity contribution in [2.75, 3.05) is 13.2 Å². The number of ketones is 1. The number of benzene rings is 6. The van der Waals surface area contributed by atoms with Crippen LogP contribution in [0.4, 0.5) is 0 Å². The van der Waals surface area contributed by atoms with E-state index in [-0.39, 0.29) is 64.4 Å². The van der Waals surface area contributed by atoms with Gasteiger partial charge >= 0.3 is 11.9 Å². The van der Waals surface area contributed by atoms with Crippen LogP contribution in [0.25, 0.3) is 0 Å². The molecule has 0 aromatic heterocycles. The lowest BCUT2D eigenvalue weighted by Crippen LogP contribution is -2.57. The first kappa shape index (κ1) is 48.3. The first-order valence-electron chi connectivity index (χ1n) is 24.5. The molecule has 2 unspecified atom stereocenters. The first-order valence-corrected chi connectivity index (χ1v) is 27.0. The lowest BCUT2D eigenvalue weighted by Gasteiger charge is -2.54. The number of aryl methyl sites for hydroxylation is 4. The summed E-state index contributed by atoms with van der Waals surface area (Å²) < 4.78 is 23.8. The molecule has 5 fully saturated rings. The van der Waals surface area contributed by atoms with Crippen LogP contribution in [0.3, 0.4) is 0 Å². The minimum absolute atomic E-state index is 0.0559. The molecule has 2 atom stereocenters. The minimum Gasteiger partial charge on any atom is -0.481 e. The summed E-state index contributed by atoms with van der Waals surface area (Å²) in [6, 6.07) is 51.1. The zero-order valence-electron chi connectivity index (χ0n) is 40.5. The van der Waals surface area contributed by atoms with Gasteiger partial charge in [0.25, 0.3) is 0 Å². The average Bonchev–Trinajstić information content (AvgIpc) is 3.77. The maximum absolute atomic E-state index is 12.9. The molecule has 0 heterocycles. The fourth-order valence-corrected chi connectivity index (χ4v) is 15.9. The second kappa shape index (κ2) is 21.1. The minimum atomic E-state index is -0.460. The highest BCUT2D eigenvalue weighted by atomic mass is 32.2. The number of carbonyl (C=O) groups is 3. The van der Waals surface area contributed by atoms with Gasteiger partial charge in [-0.1, -0.05) is 72.8 Å². The van der Waals surface area contributed by atoms with Gasteiger partial charge in [-0.15, -0.1) is 0 Å². The summed E-state index contributed by atoms with van der Waals surface area (Å²) in [4.78, 5) is 45.3. The molecular weight excluding hydrogens is 897 g/mol. The van der Waals surface area contributed by atoms with Crippen molar-refractivity contribution in [1.82, 2.24) is 0 Å². The molecule has 0 saturated heterocycles. The Morgan fingerprint density at radius 1 is 0.507 bits per heavy atom. The molecule has 356 valence electrons. The molecule has 4 bridgehead atoms. The summed E-state index contributed by atoms with van der Waals surface area (Å²) in [5, 5.41) is 0. The number of hydrogen-bond acceptors (Lipinski definition) is 7. The van der Waals surface area contributed by atoms with Crippen LogP contribution in [0.15, 0.2) is 175 Å². The van der Waals surface area contributed by atoms with Crippen molar-refractivity contribution < 1.29 is 33.3 Å². The third-order valence-corrected chi connectivity index (χ3v) is 18.6. The smallest absolute Gasteiger partial charge is 0.344 e. The van der Waals surface area contributed by atoms with Crippen molar-refractivity contribution in [3.63, 3.8) is 0 Å². The molecule has 69 heavy (non-hydrogen) atoms. The second-order valence-corrected chi connectivity index (χ2v) is 23.8. The van der Waals surface area contributed by atoms with Crippen LogP contribution >= 0.6 is 0 Å². The Bertz CT molecular complexity index is 2610. The van der Waals surface area contributed by atoms with E-state index in [4.69, 9.17) is 18.9 Å². The summed E-state index contributed by atoms with van der Waals surface area (Å²) in [5.41, 5.74) is 3.29. The van der Waals surface area contributed by atoms with E-state index in [1.54, 1.807) is 0 Å². The quantitative estimate of drug-likeness (QED) is 0.0794. The molecule has 9 heteroatoms. The third-order valence-electron chi connectivity index (χ3n) is 14.2. The topological polar surface area (TPSA) is 88.1 Å². The molecule has 5 aliphatic rings. The van der Waals surface area contributed by atoms with Crippen molar-refractivity contribution in [3.05, 3.63) is 168 Å². The van der Waals surface area contributed by atoms with Gasteiger partial charge in [0.15, 0.2) is 42.6 Å². The molecule has 0 radical (unpaired) electrons. The number of esters is 2. The van der Waals surface area contributed by atoms with E-state index in [1.807, 2.05) is 46.8 Å². The maximum Gasteiger partial charge on any atom is 0.344 e. The summed E-state index contributed by atoms with van der Waals surface area (Å²) >= 11 is 0. The van der Waals surface area contributed by atoms with Crippen molar-refractivity contribution >= 4 is 39.5 Å². The normalized spacial score (nSPS) is 20.9. The van der Waals surface area contributed by atoms with Gasteiger partial charge in [-0.2, -0.15) is 0 Å². The first-order chi connectivity index (χ1) is 33.4. The van der Waals surface area contributed by atoms with E-state index in [2.05, 4.69) is 133 Å². The van der Waals surface area contributed by atoms with E-state index in [0.717, 1.165) is 78.7 Å². The van der Waals surface area contributed by atoms with Crippen LogP contribution in [-0.2, 0) is 45.6 Å². The van der Waals surface area contributed by atoms with E-state index in [9.17, 15) is 14.4 Å². The SMILES string of the molecule is Cc1cc([S+](c2ccccc2)c2ccccc2)cc(C)c1OCC(=O)OC1(C)CCCC1.Cc1cc([S+](c2ccccc2)c2ccccc2)cc(C)c1OCC(=O)OC12CC3CC(C1)C(=O)C(C3)C2. The van der Waals surface area contributed by atoms with Gasteiger partial charge in [-0.25, -0.2) is 9.59 Å². The van der Waals surface area contributed by atoms with Gasteiger partial charge < -0.3 is 18.9 Å². The van der Waals surface area contributed by atoms with Crippen LogP contribution in [0.5, 0.6) is 11.5 Å². The number of hydrogen-bond donors (Lipinski definition) is 0. The fraction of sp³-hybridized carbons (Fsp3) is 0.350. The zero-order chi connectivity index (χ0) is 48.1. The van der Waals surface area contributed by atoms with Gasteiger partial charge in [-0.3, -0.25) is 4.79 Å². The predicted octanol–water partition coefficient (Wildman–Crippen LogP) is 13.1. The Kier molecular flexibility index (Phi) is 14.7. The lowest BCUT2D eigenvalue weighted by atomic mass is 9.53. The fourth-order valence-electron chi connectivity index (χ4n) is 11.4. The Morgan fingerprint density at radius 3 is 1.22 bits per heavy atom. The van der Waals surface area contributed by atoms with Crippen LogP contribution in [-0.4, -0.2) is 42.1 Å². The van der Waals surface area contributed by atoms with Crippen molar-refractivity contribution in [2.45, 2.75) is 133 Å². The highest BCUT2D eigenvalue weighted by Crippen LogP contribution is 2.55. The second-order valence-electron chi connectivity index (χ2n) is 19.7. The van der Waals surface area contributed by atoms with Crippen LogP contribution in [0.1, 0.15) is 87.0 Å². The number of carbonyl (C=O) groups excluding carboxylic acids is 3. The highest BCUT2D eigenvalue weighted by Gasteiger charge is 2.57. The molecule has 5 aliphatic carbocycles. The Morgan fingerprint density at radius 2 is 0.855 bits per heavy atom. The summed E-state index contributed by atoms with van der Waals surface area (Å²) in [5.74, 6) is 1.98. The lowest BCUT2D eigenvalue weighted by molar-refractivity contribution is -0.190. The van der Waals surface area contributed by atoms with Gasteiger partial charge in [0.1, 0.15) is 28.5 Å². The van der Waals surface area contributed by atoms with Crippen LogP contribution in [0, 0.1) is 45.4 Å². The van der Waals surface area contributed by atoms with E-state index in [1.165, 1.54) is 29.4 Å². The van der Waals surface area contributed by atoms with Crippen LogP contribution in [0.2, 0.25) is 0 Å². The Hall–Kier alpha value is -5.77. The molecule has 5 saturated carbocycles. The molecular formula is C60H64O7S2+2. The largest absolute Gasteiger partial charge is 0.481 e. The van der Waals surface area contributed by atoms with Crippen molar-refractivity contribution in [1.29, 1.82) is 0 Å². The third kappa shape index (κ3) is 11.2. The number of ether oxygens (including phenoxy) is 4. The standard InChI is InChI=1S/C32H33O4S.C28H31O3S/c1-21-13-28(37(26-9-5-3-6-10-26)27-11-7-4-8-12-27)14-22(2)31(21)35-20-29(33)36-32-17-23-15-24(18-32)30(34)25(16-23)19-32;1-21-18-25(32(23-12-6-4-7-13-23)24-14-8-5-9-15-24)19-22(2)27(21)30-20-26(29)31-28(3)16-10-11-17-28/h3-14,23-25H,15-20H2,1-2H3;4-9,12-15,18-19H,10-11,16-17,20H2,1-3H3/q2*+1. The molecule has 11 rings (SSSR count). The monoisotopic (exact) mass is 960 g/mol. The van der Waals surface area contributed by atoms with E-state index >= 15 is 0 Å². The number of Topliss-reactive ketones (excluding diaryl/α,β-unsaturated/α-hetero) is 1. The highest BCUT2D eigenvalue weighted by molar-refractivity contribution is 7.97. The number of rotatable bonds is 14. The molecule has 7 nitrogen and oxygen atoms in total. The molecule has 0 spiro atoms. The summed E-state index contributed by atoms with van der Waals surface area (Å²) in [6.45, 7) is 10.0. The predicted molar refractivity (Wildman–Crippen MR) is 273 cm³/mol. The summed E-state index contributed by atoms with van der Waals surface area (Å²) in [7, 11) is -0.454. The van der Waals surface area contributed by atoms with E-state index < -0.39 is 5.60 Å². The van der Waals surface area contributed by atoms with Gasteiger partial charge in [-0.05, 0) is 169 Å². The molecule has 0 N–H and O–H groups in total. The maximum atomic E-state index is 12.9. The van der Waals surface area contributed by atoms with Crippen LogP contribution < -0.4 is 9.47 Å². The van der Waals surface area contributed by atoms with Gasteiger partial charge in [0.2, 0.25) is 0 Å². The van der Waals surface area contributed by atoms with Crippen molar-refractivity contribution in [3.8, 4) is 11.5 Å². The molecule has 0 aliphatic heterocycles. The summed E-state index contributed by atoms with van der Waals surface area (Å²) in [6.07, 6.45) is 8.35.